The van der Waals surface area contributed by atoms with Gasteiger partial charge in [-0.25, -0.2) is 4.39 Å². The molecule has 0 fully saturated rings. The van der Waals surface area contributed by atoms with Crippen LogP contribution in [0.25, 0.3) is 0 Å². The van der Waals surface area contributed by atoms with Crippen LogP contribution in [0, 0.1) is 17.7 Å². The van der Waals surface area contributed by atoms with Gasteiger partial charge in [-0.05, 0) is 12.1 Å². The van der Waals surface area contributed by atoms with E-state index >= 15 is 0 Å². The molecule has 0 aliphatic rings. The van der Waals surface area contributed by atoms with E-state index in [1.807, 2.05) is 0 Å². The molecule has 0 spiro atoms. The van der Waals surface area contributed by atoms with Gasteiger partial charge < -0.3 is 5.32 Å². The molecule has 19 heavy (non-hydrogen) atoms. The summed E-state index contributed by atoms with van der Waals surface area (Å²) in [4.78, 5) is 25.8. The molecular weight excluding hydrogens is 267 g/mol. The third-order valence-corrected chi connectivity index (χ3v) is 3.09. The molecule has 4 nitrogen and oxygen atoms in total. The third-order valence-electron chi connectivity index (χ3n) is 2.12. The molecule has 2 aromatic rings. The van der Waals surface area contributed by atoms with Crippen LogP contribution in [-0.2, 0) is 4.79 Å². The highest BCUT2D eigenvalue weighted by molar-refractivity contribution is 7.14. The van der Waals surface area contributed by atoms with E-state index in [1.54, 1.807) is 6.07 Å². The van der Waals surface area contributed by atoms with Gasteiger partial charge >= 0.3 is 0 Å². The van der Waals surface area contributed by atoms with E-state index in [0.717, 1.165) is 17.5 Å². The van der Waals surface area contributed by atoms with E-state index in [0.29, 0.717) is 33.7 Å². The summed E-state index contributed by atoms with van der Waals surface area (Å²) in [7, 11) is 0. The number of nitrogens with zero attached hydrogens (tertiary/aromatic N) is 1. The lowest BCUT2D eigenvalue weighted by atomic mass is 10.3. The summed E-state index contributed by atoms with van der Waals surface area (Å²) in [5, 5.41) is 2.41. The molecule has 0 saturated carbocycles. The number of carbonyl (C=O) groups excluding carboxylic acids is 2. The fourth-order valence-electron chi connectivity index (χ4n) is 1.34. The largest absolute Gasteiger partial charge is 0.327 e. The molecule has 6 heteroatoms. The molecule has 0 aromatic carbocycles. The van der Waals surface area contributed by atoms with Gasteiger partial charge in [-0.2, -0.15) is 0 Å². The van der Waals surface area contributed by atoms with E-state index < -0.39 is 5.82 Å². The Morgan fingerprint density at radius 3 is 2.79 bits per heavy atom. The third kappa shape index (κ3) is 3.24. The molecular formula is C13H7FN2O2S. The highest BCUT2D eigenvalue weighted by Crippen LogP contribution is 2.24. The molecule has 94 valence electrons. The van der Waals surface area contributed by atoms with Crippen LogP contribution in [0.2, 0.25) is 0 Å². The molecule has 0 aliphatic heterocycles. The van der Waals surface area contributed by atoms with Crippen LogP contribution < -0.4 is 5.32 Å². The van der Waals surface area contributed by atoms with Crippen molar-refractivity contribution in [2.45, 2.75) is 0 Å². The molecule has 0 atom stereocenters. The highest BCUT2D eigenvalue weighted by Gasteiger charge is 2.06. The van der Waals surface area contributed by atoms with Gasteiger partial charge in [-0.1, -0.05) is 11.8 Å². The molecule has 0 saturated heterocycles. The van der Waals surface area contributed by atoms with Crippen LogP contribution in [0.3, 0.4) is 0 Å². The summed E-state index contributed by atoms with van der Waals surface area (Å²) < 4.78 is 12.9. The predicted molar refractivity (Wildman–Crippen MR) is 69.6 cm³/mol. The van der Waals surface area contributed by atoms with E-state index in [-0.39, 0.29) is 0 Å². The van der Waals surface area contributed by atoms with Crippen molar-refractivity contribution in [3.05, 3.63) is 45.7 Å². The zero-order valence-corrected chi connectivity index (χ0v) is 10.3. The van der Waals surface area contributed by atoms with Crippen LogP contribution in [0.5, 0.6) is 0 Å². The van der Waals surface area contributed by atoms with Crippen molar-refractivity contribution in [1.82, 2.24) is 4.98 Å². The first-order valence-electron chi connectivity index (χ1n) is 5.14. The molecule has 2 aromatic heterocycles. The maximum absolute atomic E-state index is 12.9. The van der Waals surface area contributed by atoms with Crippen molar-refractivity contribution in [3.63, 3.8) is 0 Å². The number of carbonyl (C=O) groups is 2. The minimum Gasteiger partial charge on any atom is -0.327 e. The Morgan fingerprint density at radius 1 is 1.26 bits per heavy atom. The van der Waals surface area contributed by atoms with Gasteiger partial charge in [0.25, 0.3) is 0 Å². The minimum absolute atomic E-state index is 0.383. The first-order chi connectivity index (χ1) is 9.22. The Labute approximate surface area is 112 Å². The van der Waals surface area contributed by atoms with Gasteiger partial charge in [-0.15, -0.1) is 11.3 Å². The number of aldehydes is 1. The normalized spacial score (nSPS) is 9.32. The van der Waals surface area contributed by atoms with Crippen molar-refractivity contribution in [3.8, 4) is 11.8 Å². The number of anilines is 1. The van der Waals surface area contributed by atoms with Gasteiger partial charge in [0, 0.05) is 11.8 Å². The number of rotatable bonds is 3. The number of nitrogens with one attached hydrogen (secondary N) is 1. The smallest absolute Gasteiger partial charge is 0.211 e. The van der Waals surface area contributed by atoms with Crippen LogP contribution in [0.1, 0.15) is 20.1 Å². The Hall–Kier alpha value is -2.52. The lowest BCUT2D eigenvalue weighted by Crippen LogP contribution is -1.93. The average molecular weight is 274 g/mol. The second-order valence-corrected chi connectivity index (χ2v) is 4.49. The summed E-state index contributed by atoms with van der Waals surface area (Å²) in [6.07, 6.45) is 3.66. The number of hydrogen-bond acceptors (Lipinski definition) is 4. The van der Waals surface area contributed by atoms with Crippen molar-refractivity contribution < 1.29 is 14.0 Å². The van der Waals surface area contributed by atoms with Gasteiger partial charge in [0.05, 0.1) is 21.6 Å². The number of pyridine rings is 1. The van der Waals surface area contributed by atoms with Crippen molar-refractivity contribution in [1.29, 1.82) is 0 Å². The van der Waals surface area contributed by atoms with E-state index in [2.05, 4.69) is 22.1 Å². The first-order valence-corrected chi connectivity index (χ1v) is 5.96. The standard InChI is InChI=1S/C13H7FN2O2S/c14-10-3-9(5-15-6-10)1-2-11-4-12(16-8-18)13(7-17)19-11/h3-8H,(H,16,18). The fourth-order valence-corrected chi connectivity index (χ4v) is 2.14. The van der Waals surface area contributed by atoms with Gasteiger partial charge in [0.15, 0.2) is 6.29 Å². The SMILES string of the molecule is O=CNc1cc(C#Cc2cncc(F)c2)sc1C=O. The quantitative estimate of drug-likeness (QED) is 0.688. The lowest BCUT2D eigenvalue weighted by molar-refractivity contribution is -0.105. The average Bonchev–Trinajstić information content (AvgIpc) is 2.79. The molecule has 0 unspecified atom stereocenters. The first kappa shape index (κ1) is 12.9. The van der Waals surface area contributed by atoms with Gasteiger partial charge in [-0.3, -0.25) is 14.6 Å². The van der Waals surface area contributed by atoms with Crippen molar-refractivity contribution in [2.24, 2.45) is 0 Å². The van der Waals surface area contributed by atoms with Crippen molar-refractivity contribution >= 4 is 29.7 Å². The Morgan fingerprint density at radius 2 is 2.11 bits per heavy atom. The Bertz CT molecular complexity index is 685. The number of halogens is 1. The number of hydrogen-bond donors (Lipinski definition) is 1. The fraction of sp³-hybridized carbons (Fsp3) is 0. The second-order valence-electron chi connectivity index (χ2n) is 3.41. The zero-order valence-electron chi connectivity index (χ0n) is 9.51. The second kappa shape index (κ2) is 5.89. The summed E-state index contributed by atoms with van der Waals surface area (Å²) in [5.41, 5.74) is 0.850. The Kier molecular flexibility index (Phi) is 4.00. The number of aromatic nitrogens is 1. The molecule has 0 radical (unpaired) electrons. The van der Waals surface area contributed by atoms with Crippen molar-refractivity contribution in [2.75, 3.05) is 5.32 Å². The highest BCUT2D eigenvalue weighted by atomic mass is 32.1. The van der Waals surface area contributed by atoms with Crippen LogP contribution in [0.15, 0.2) is 24.5 Å². The number of amides is 1. The topological polar surface area (TPSA) is 59.1 Å². The van der Waals surface area contributed by atoms with Crippen LogP contribution in [-0.4, -0.2) is 17.7 Å². The monoisotopic (exact) mass is 274 g/mol. The lowest BCUT2D eigenvalue weighted by Gasteiger charge is -1.90. The summed E-state index contributed by atoms with van der Waals surface area (Å²) in [6.45, 7) is 0. The van der Waals surface area contributed by atoms with Crippen LogP contribution in [0.4, 0.5) is 10.1 Å². The predicted octanol–water partition coefficient (Wildman–Crippen LogP) is 2.06. The number of thiophene rings is 1. The van der Waals surface area contributed by atoms with Gasteiger partial charge in [0.2, 0.25) is 6.41 Å². The zero-order chi connectivity index (χ0) is 13.7. The molecule has 1 amide bonds. The molecule has 2 heterocycles. The molecule has 0 bridgehead atoms. The van der Waals surface area contributed by atoms with Gasteiger partial charge in [0.1, 0.15) is 5.82 Å². The molecule has 0 aliphatic carbocycles. The molecule has 1 N–H and O–H groups in total. The Balaban J connectivity index is 2.29. The maximum Gasteiger partial charge on any atom is 0.211 e. The minimum atomic E-state index is -0.463. The summed E-state index contributed by atoms with van der Waals surface area (Å²) >= 11 is 1.15. The summed E-state index contributed by atoms with van der Waals surface area (Å²) in [6, 6.07) is 2.85. The van der Waals surface area contributed by atoms with E-state index in [1.165, 1.54) is 12.3 Å². The molecule has 2 rings (SSSR count). The maximum atomic E-state index is 12.9. The van der Waals surface area contributed by atoms with Crippen LogP contribution >= 0.6 is 11.3 Å². The van der Waals surface area contributed by atoms with E-state index in [9.17, 15) is 14.0 Å². The summed E-state index contributed by atoms with van der Waals surface area (Å²) in [5.74, 6) is 5.06. The van der Waals surface area contributed by atoms with E-state index in [4.69, 9.17) is 0 Å².